The highest BCUT2D eigenvalue weighted by atomic mass is 15.2. The van der Waals surface area contributed by atoms with E-state index in [2.05, 4.69) is 49.6 Å². The standard InChI is InChI=1S/C13H17N/c1-10(2)14-11(3)8-9-12-6-4-5-7-13(12)14/h4-7,11H,1,8-9H2,2-3H3. The smallest absolute Gasteiger partial charge is 0.0443 e. The van der Waals surface area contributed by atoms with Crippen molar-refractivity contribution in [3.05, 3.63) is 42.1 Å². The molecule has 1 atom stereocenters. The van der Waals surface area contributed by atoms with E-state index in [1.807, 2.05) is 0 Å². The van der Waals surface area contributed by atoms with Crippen LogP contribution in [0.1, 0.15) is 25.8 Å². The molecule has 0 saturated heterocycles. The van der Waals surface area contributed by atoms with Crippen molar-refractivity contribution in [1.82, 2.24) is 0 Å². The van der Waals surface area contributed by atoms with Crippen LogP contribution in [0.2, 0.25) is 0 Å². The number of nitrogens with zero attached hydrogens (tertiary/aromatic N) is 1. The maximum Gasteiger partial charge on any atom is 0.0443 e. The highest BCUT2D eigenvalue weighted by Gasteiger charge is 2.22. The highest BCUT2D eigenvalue weighted by Crippen LogP contribution is 2.32. The molecular weight excluding hydrogens is 170 g/mol. The van der Waals surface area contributed by atoms with Gasteiger partial charge in [-0.1, -0.05) is 24.8 Å². The molecule has 1 heterocycles. The van der Waals surface area contributed by atoms with Gasteiger partial charge >= 0.3 is 0 Å². The third-order valence-electron chi connectivity index (χ3n) is 2.93. The molecule has 1 aliphatic rings. The molecule has 2 rings (SSSR count). The van der Waals surface area contributed by atoms with Crippen LogP contribution in [0, 0.1) is 0 Å². The summed E-state index contributed by atoms with van der Waals surface area (Å²) in [6, 6.07) is 9.22. The lowest BCUT2D eigenvalue weighted by molar-refractivity contribution is 0.601. The molecule has 0 saturated carbocycles. The van der Waals surface area contributed by atoms with Crippen molar-refractivity contribution in [1.29, 1.82) is 0 Å². The molecule has 1 aliphatic heterocycles. The Kier molecular flexibility index (Phi) is 2.32. The normalized spacial score (nSPS) is 20.4. The van der Waals surface area contributed by atoms with Crippen molar-refractivity contribution in [2.75, 3.05) is 4.90 Å². The van der Waals surface area contributed by atoms with Crippen LogP contribution < -0.4 is 4.90 Å². The van der Waals surface area contributed by atoms with Gasteiger partial charge in [-0.05, 0) is 38.3 Å². The van der Waals surface area contributed by atoms with E-state index in [-0.39, 0.29) is 0 Å². The molecule has 0 N–H and O–H groups in total. The molecule has 1 heteroatoms. The van der Waals surface area contributed by atoms with Crippen LogP contribution in [0.15, 0.2) is 36.5 Å². The minimum atomic E-state index is 0.586. The third kappa shape index (κ3) is 1.43. The average molecular weight is 187 g/mol. The Hall–Kier alpha value is -1.24. The minimum Gasteiger partial charge on any atom is -0.343 e. The molecule has 0 amide bonds. The number of anilines is 1. The van der Waals surface area contributed by atoms with Crippen molar-refractivity contribution < 1.29 is 0 Å². The summed E-state index contributed by atoms with van der Waals surface area (Å²) in [6.07, 6.45) is 2.42. The third-order valence-corrected chi connectivity index (χ3v) is 2.93. The predicted octanol–water partition coefficient (Wildman–Crippen LogP) is 3.36. The number of para-hydroxylation sites is 1. The van der Waals surface area contributed by atoms with E-state index in [0.717, 1.165) is 5.70 Å². The van der Waals surface area contributed by atoms with E-state index in [9.17, 15) is 0 Å². The molecule has 0 fully saturated rings. The van der Waals surface area contributed by atoms with Gasteiger partial charge in [-0.25, -0.2) is 0 Å². The summed E-state index contributed by atoms with van der Waals surface area (Å²) in [6.45, 7) is 8.40. The zero-order valence-electron chi connectivity index (χ0n) is 8.96. The summed E-state index contributed by atoms with van der Waals surface area (Å²) in [7, 11) is 0. The number of hydrogen-bond acceptors (Lipinski definition) is 1. The van der Waals surface area contributed by atoms with E-state index in [0.29, 0.717) is 6.04 Å². The zero-order valence-corrected chi connectivity index (χ0v) is 8.96. The maximum absolute atomic E-state index is 4.05. The van der Waals surface area contributed by atoms with Crippen LogP contribution in [0.25, 0.3) is 0 Å². The number of allylic oxidation sites excluding steroid dienone is 1. The second-order valence-electron chi connectivity index (χ2n) is 4.12. The summed E-state index contributed by atoms with van der Waals surface area (Å²) in [5.41, 5.74) is 3.94. The Labute approximate surface area is 86.1 Å². The predicted molar refractivity (Wildman–Crippen MR) is 61.5 cm³/mol. The quantitative estimate of drug-likeness (QED) is 0.651. The molecule has 14 heavy (non-hydrogen) atoms. The first-order valence-corrected chi connectivity index (χ1v) is 5.23. The lowest BCUT2D eigenvalue weighted by Gasteiger charge is -2.37. The monoisotopic (exact) mass is 187 g/mol. The van der Waals surface area contributed by atoms with Gasteiger partial charge in [-0.15, -0.1) is 0 Å². The fourth-order valence-electron chi connectivity index (χ4n) is 2.27. The van der Waals surface area contributed by atoms with Crippen LogP contribution in [0.5, 0.6) is 0 Å². The minimum absolute atomic E-state index is 0.586. The van der Waals surface area contributed by atoms with Crippen LogP contribution >= 0.6 is 0 Å². The molecule has 1 nitrogen and oxygen atoms in total. The fraction of sp³-hybridized carbons (Fsp3) is 0.385. The van der Waals surface area contributed by atoms with Crippen molar-refractivity contribution in [3.8, 4) is 0 Å². The first-order valence-electron chi connectivity index (χ1n) is 5.23. The molecule has 0 bridgehead atoms. The van der Waals surface area contributed by atoms with Crippen LogP contribution in [0.3, 0.4) is 0 Å². The molecule has 0 aromatic heterocycles. The number of benzene rings is 1. The Bertz CT molecular complexity index is 354. The topological polar surface area (TPSA) is 3.24 Å². The average Bonchev–Trinajstić information content (AvgIpc) is 2.17. The summed E-state index contributed by atoms with van der Waals surface area (Å²) >= 11 is 0. The SMILES string of the molecule is C=C(C)N1c2ccccc2CCC1C. The highest BCUT2D eigenvalue weighted by molar-refractivity contribution is 5.59. The Morgan fingerprint density at radius 2 is 2.14 bits per heavy atom. The first-order chi connectivity index (χ1) is 6.70. The van der Waals surface area contributed by atoms with E-state index < -0.39 is 0 Å². The molecule has 0 spiro atoms. The molecular formula is C13H17N. The van der Waals surface area contributed by atoms with Crippen LogP contribution in [-0.2, 0) is 6.42 Å². The van der Waals surface area contributed by atoms with Crippen molar-refractivity contribution in [2.24, 2.45) is 0 Å². The van der Waals surface area contributed by atoms with Gasteiger partial charge in [-0.3, -0.25) is 0 Å². The van der Waals surface area contributed by atoms with Gasteiger partial charge in [0.15, 0.2) is 0 Å². The van der Waals surface area contributed by atoms with E-state index in [1.165, 1.54) is 24.1 Å². The van der Waals surface area contributed by atoms with Crippen molar-refractivity contribution in [3.63, 3.8) is 0 Å². The number of aryl methyl sites for hydroxylation is 1. The summed E-state index contributed by atoms with van der Waals surface area (Å²) in [5, 5.41) is 0. The van der Waals surface area contributed by atoms with Crippen molar-refractivity contribution in [2.45, 2.75) is 32.7 Å². The number of rotatable bonds is 1. The van der Waals surface area contributed by atoms with Gasteiger partial charge in [-0.2, -0.15) is 0 Å². The van der Waals surface area contributed by atoms with Gasteiger partial charge in [0.1, 0.15) is 0 Å². The molecule has 0 aliphatic carbocycles. The van der Waals surface area contributed by atoms with E-state index in [1.54, 1.807) is 0 Å². The molecule has 74 valence electrons. The Morgan fingerprint density at radius 3 is 2.86 bits per heavy atom. The van der Waals surface area contributed by atoms with Crippen LogP contribution in [-0.4, -0.2) is 6.04 Å². The molecule has 1 aromatic carbocycles. The van der Waals surface area contributed by atoms with Crippen LogP contribution in [0.4, 0.5) is 5.69 Å². The Morgan fingerprint density at radius 1 is 1.43 bits per heavy atom. The van der Waals surface area contributed by atoms with Gasteiger partial charge in [0, 0.05) is 17.4 Å². The van der Waals surface area contributed by atoms with E-state index in [4.69, 9.17) is 0 Å². The lowest BCUT2D eigenvalue weighted by atomic mass is 9.96. The maximum atomic E-state index is 4.05. The summed E-state index contributed by atoms with van der Waals surface area (Å²) < 4.78 is 0. The van der Waals surface area contributed by atoms with Gasteiger partial charge in [0.2, 0.25) is 0 Å². The molecule has 0 radical (unpaired) electrons. The summed E-state index contributed by atoms with van der Waals surface area (Å²) in [5.74, 6) is 0. The Balaban J connectivity index is 2.46. The van der Waals surface area contributed by atoms with Crippen molar-refractivity contribution >= 4 is 5.69 Å². The second-order valence-corrected chi connectivity index (χ2v) is 4.12. The van der Waals surface area contributed by atoms with E-state index >= 15 is 0 Å². The number of hydrogen-bond donors (Lipinski definition) is 0. The van der Waals surface area contributed by atoms with Gasteiger partial charge < -0.3 is 4.90 Å². The fourth-order valence-corrected chi connectivity index (χ4v) is 2.27. The largest absolute Gasteiger partial charge is 0.343 e. The summed E-state index contributed by atoms with van der Waals surface area (Å²) in [4.78, 5) is 2.35. The van der Waals surface area contributed by atoms with Gasteiger partial charge in [0.05, 0.1) is 0 Å². The second kappa shape index (κ2) is 3.49. The number of fused-ring (bicyclic) bond motifs is 1. The first kappa shape index (κ1) is 9.32. The lowest BCUT2D eigenvalue weighted by Crippen LogP contribution is -2.35. The van der Waals surface area contributed by atoms with Gasteiger partial charge in [0.25, 0.3) is 0 Å². The molecule has 1 unspecified atom stereocenters. The zero-order chi connectivity index (χ0) is 10.1. The molecule has 1 aromatic rings.